The van der Waals surface area contributed by atoms with E-state index in [1.807, 2.05) is 36.4 Å². The van der Waals surface area contributed by atoms with Gasteiger partial charge < -0.3 is 19.7 Å². The molecule has 0 spiro atoms. The lowest BCUT2D eigenvalue weighted by Crippen LogP contribution is -2.44. The van der Waals surface area contributed by atoms with Gasteiger partial charge in [-0.15, -0.1) is 0 Å². The van der Waals surface area contributed by atoms with Crippen molar-refractivity contribution >= 4 is 17.4 Å². The summed E-state index contributed by atoms with van der Waals surface area (Å²) in [6.45, 7) is 9.83. The van der Waals surface area contributed by atoms with Gasteiger partial charge in [-0.2, -0.15) is 0 Å². The Morgan fingerprint density at radius 2 is 1.80 bits per heavy atom. The number of hydrogen-bond donors (Lipinski definition) is 1. The first-order chi connectivity index (χ1) is 14.6. The van der Waals surface area contributed by atoms with Crippen molar-refractivity contribution in [1.82, 2.24) is 9.88 Å². The predicted molar refractivity (Wildman–Crippen MR) is 117 cm³/mol. The lowest BCUT2D eigenvalue weighted by Gasteiger charge is -2.35. The van der Waals surface area contributed by atoms with Gasteiger partial charge in [0.05, 0.1) is 31.1 Å². The van der Waals surface area contributed by atoms with E-state index in [2.05, 4.69) is 33.9 Å². The van der Waals surface area contributed by atoms with Crippen LogP contribution in [-0.4, -0.2) is 67.4 Å². The van der Waals surface area contributed by atoms with Gasteiger partial charge in [-0.1, -0.05) is 12.1 Å². The van der Waals surface area contributed by atoms with Gasteiger partial charge in [0.25, 0.3) is 5.91 Å². The van der Waals surface area contributed by atoms with Crippen LogP contribution >= 0.6 is 0 Å². The van der Waals surface area contributed by atoms with Crippen molar-refractivity contribution in [2.75, 3.05) is 49.6 Å². The molecule has 7 nitrogen and oxygen atoms in total. The average molecular weight is 411 g/mol. The first-order valence-corrected chi connectivity index (χ1v) is 10.6. The van der Waals surface area contributed by atoms with Crippen molar-refractivity contribution in [2.24, 2.45) is 0 Å². The number of rotatable bonds is 5. The zero-order valence-corrected chi connectivity index (χ0v) is 17.7. The van der Waals surface area contributed by atoms with E-state index in [0.717, 1.165) is 44.2 Å². The Kier molecular flexibility index (Phi) is 6.62. The number of carbonyl (C=O) groups excluding carboxylic acids is 1. The minimum atomic E-state index is -0.127. The maximum atomic E-state index is 12.8. The predicted octanol–water partition coefficient (Wildman–Crippen LogP) is 2.78. The molecule has 0 aliphatic carbocycles. The topological polar surface area (TPSA) is 66.9 Å². The number of amides is 1. The fourth-order valence-corrected chi connectivity index (χ4v) is 4.15. The number of hydrogen-bond acceptors (Lipinski definition) is 6. The summed E-state index contributed by atoms with van der Waals surface area (Å²) in [5.74, 6) is 0.666. The van der Waals surface area contributed by atoms with Crippen molar-refractivity contribution in [2.45, 2.75) is 32.6 Å². The van der Waals surface area contributed by atoms with E-state index in [1.54, 1.807) is 6.20 Å². The van der Waals surface area contributed by atoms with Crippen LogP contribution in [0.25, 0.3) is 0 Å². The first-order valence-electron chi connectivity index (χ1n) is 10.6. The molecule has 1 aromatic carbocycles. The molecule has 1 N–H and O–H groups in total. The van der Waals surface area contributed by atoms with Crippen LogP contribution in [0, 0.1) is 0 Å². The van der Waals surface area contributed by atoms with Gasteiger partial charge in [-0.05, 0) is 43.7 Å². The van der Waals surface area contributed by atoms with Crippen molar-refractivity contribution in [3.63, 3.8) is 0 Å². The number of carbonyl (C=O) groups is 1. The van der Waals surface area contributed by atoms with Gasteiger partial charge in [0.1, 0.15) is 0 Å². The van der Waals surface area contributed by atoms with E-state index in [0.29, 0.717) is 18.8 Å². The molecule has 30 heavy (non-hydrogen) atoms. The highest BCUT2D eigenvalue weighted by atomic mass is 16.5. The van der Waals surface area contributed by atoms with Crippen LogP contribution in [0.4, 0.5) is 11.5 Å². The Bertz CT molecular complexity index is 842. The summed E-state index contributed by atoms with van der Waals surface area (Å²) in [5, 5.41) is 3.03. The van der Waals surface area contributed by atoms with Crippen molar-refractivity contribution in [1.29, 1.82) is 0 Å². The molecule has 2 fully saturated rings. The third-order valence-electron chi connectivity index (χ3n) is 5.46. The van der Waals surface area contributed by atoms with Gasteiger partial charge in [-0.25, -0.2) is 4.98 Å². The van der Waals surface area contributed by atoms with Crippen LogP contribution in [0.5, 0.6) is 0 Å². The first kappa shape index (κ1) is 20.8. The summed E-state index contributed by atoms with van der Waals surface area (Å²) in [6.07, 6.45) is 2.25. The number of nitrogens with zero attached hydrogens (tertiary/aromatic N) is 3. The summed E-state index contributed by atoms with van der Waals surface area (Å²) >= 11 is 0. The molecule has 0 unspecified atom stereocenters. The highest BCUT2D eigenvalue weighted by Gasteiger charge is 2.22. The maximum Gasteiger partial charge on any atom is 0.255 e. The zero-order valence-electron chi connectivity index (χ0n) is 17.7. The van der Waals surface area contributed by atoms with E-state index in [4.69, 9.17) is 9.47 Å². The fourth-order valence-electron chi connectivity index (χ4n) is 4.15. The number of morpholine rings is 2. The summed E-state index contributed by atoms with van der Waals surface area (Å²) < 4.78 is 11.2. The molecule has 1 amide bonds. The molecule has 0 radical (unpaired) electrons. The monoisotopic (exact) mass is 410 g/mol. The van der Waals surface area contributed by atoms with Crippen molar-refractivity contribution in [3.8, 4) is 0 Å². The summed E-state index contributed by atoms with van der Waals surface area (Å²) in [4.78, 5) is 21.9. The standard InChI is InChI=1S/C23H30N4O3/c1-17-14-26(15-18(2)30-17)16-19-5-7-20(8-6-19)23(28)25-21-4-3-9-24-22(21)27-10-12-29-13-11-27/h3-9,17-18H,10-16H2,1-2H3,(H,25,28)/t17-,18-/m0/s1. The number of anilines is 2. The number of ether oxygens (including phenoxy) is 2. The van der Waals surface area contributed by atoms with Crippen LogP contribution in [-0.2, 0) is 16.0 Å². The maximum absolute atomic E-state index is 12.8. The molecule has 2 saturated heterocycles. The van der Waals surface area contributed by atoms with Crippen LogP contribution < -0.4 is 10.2 Å². The smallest absolute Gasteiger partial charge is 0.255 e. The van der Waals surface area contributed by atoms with E-state index >= 15 is 0 Å². The molecule has 1 aromatic heterocycles. The third-order valence-corrected chi connectivity index (χ3v) is 5.46. The molecule has 3 heterocycles. The molecule has 2 aromatic rings. The molecule has 2 aliphatic heterocycles. The molecule has 2 aliphatic rings. The second kappa shape index (κ2) is 9.55. The van der Waals surface area contributed by atoms with Gasteiger partial charge in [-0.3, -0.25) is 9.69 Å². The second-order valence-corrected chi connectivity index (χ2v) is 8.08. The van der Waals surface area contributed by atoms with E-state index in [9.17, 15) is 4.79 Å². The molecule has 4 rings (SSSR count). The molecule has 0 saturated carbocycles. The lowest BCUT2D eigenvalue weighted by atomic mass is 10.1. The SMILES string of the molecule is C[C@H]1CN(Cc2ccc(C(=O)Nc3cccnc3N3CCOCC3)cc2)C[C@H](C)O1. The second-order valence-electron chi connectivity index (χ2n) is 8.08. The quantitative estimate of drug-likeness (QED) is 0.818. The number of benzene rings is 1. The average Bonchev–Trinajstić information content (AvgIpc) is 2.74. The molecule has 2 atom stereocenters. The minimum absolute atomic E-state index is 0.127. The van der Waals surface area contributed by atoms with Gasteiger partial charge in [0.15, 0.2) is 5.82 Å². The molecule has 0 bridgehead atoms. The van der Waals surface area contributed by atoms with Gasteiger partial charge in [0, 0.05) is 44.5 Å². The minimum Gasteiger partial charge on any atom is -0.378 e. The number of nitrogens with one attached hydrogen (secondary N) is 1. The van der Waals surface area contributed by atoms with E-state index < -0.39 is 0 Å². The Morgan fingerprint density at radius 3 is 2.50 bits per heavy atom. The number of aromatic nitrogens is 1. The summed E-state index contributed by atoms with van der Waals surface area (Å²) in [5.41, 5.74) is 2.56. The van der Waals surface area contributed by atoms with Crippen LogP contribution in [0.3, 0.4) is 0 Å². The Morgan fingerprint density at radius 1 is 1.10 bits per heavy atom. The molecule has 7 heteroatoms. The van der Waals surface area contributed by atoms with Gasteiger partial charge in [0.2, 0.25) is 0 Å². The summed E-state index contributed by atoms with van der Waals surface area (Å²) in [6, 6.07) is 11.6. The lowest BCUT2D eigenvalue weighted by molar-refractivity contribution is -0.0704. The summed E-state index contributed by atoms with van der Waals surface area (Å²) in [7, 11) is 0. The van der Waals surface area contributed by atoms with Crippen molar-refractivity contribution in [3.05, 3.63) is 53.7 Å². The van der Waals surface area contributed by atoms with Crippen LogP contribution in [0.2, 0.25) is 0 Å². The van der Waals surface area contributed by atoms with E-state index in [1.165, 1.54) is 5.56 Å². The van der Waals surface area contributed by atoms with E-state index in [-0.39, 0.29) is 18.1 Å². The van der Waals surface area contributed by atoms with Crippen LogP contribution in [0.15, 0.2) is 42.6 Å². The largest absolute Gasteiger partial charge is 0.378 e. The third kappa shape index (κ3) is 5.16. The molecular formula is C23H30N4O3. The fraction of sp³-hybridized carbons (Fsp3) is 0.478. The highest BCUT2D eigenvalue weighted by Crippen LogP contribution is 2.24. The highest BCUT2D eigenvalue weighted by molar-refractivity contribution is 6.05. The normalized spacial score (nSPS) is 22.7. The Balaban J connectivity index is 1.40. The number of pyridine rings is 1. The van der Waals surface area contributed by atoms with Crippen molar-refractivity contribution < 1.29 is 14.3 Å². The Labute approximate surface area is 178 Å². The van der Waals surface area contributed by atoms with Gasteiger partial charge >= 0.3 is 0 Å². The Hall–Kier alpha value is -2.48. The zero-order chi connectivity index (χ0) is 20.9. The van der Waals surface area contributed by atoms with Crippen LogP contribution in [0.1, 0.15) is 29.8 Å². The molecular weight excluding hydrogens is 380 g/mol. The molecule has 160 valence electrons.